The summed E-state index contributed by atoms with van der Waals surface area (Å²) in [7, 11) is 0. The summed E-state index contributed by atoms with van der Waals surface area (Å²) in [6.07, 6.45) is -0.0819. The number of hydrogen-bond donors (Lipinski definition) is 2. The molecule has 0 bridgehead atoms. The molecule has 2 amide bonds. The molecule has 2 N–H and O–H groups in total. The van der Waals surface area contributed by atoms with Crippen molar-refractivity contribution in [3.05, 3.63) is 59.7 Å². The van der Waals surface area contributed by atoms with Gasteiger partial charge in [0, 0.05) is 11.3 Å². The number of aliphatic carboxylic acids is 1. The van der Waals surface area contributed by atoms with E-state index < -0.39 is 17.9 Å². The Hall–Kier alpha value is -3.48. The monoisotopic (exact) mass is 366 g/mol. The highest BCUT2D eigenvalue weighted by Gasteiger charge is 2.39. The van der Waals surface area contributed by atoms with E-state index in [9.17, 15) is 19.2 Å². The van der Waals surface area contributed by atoms with Gasteiger partial charge in [0.15, 0.2) is 5.78 Å². The highest BCUT2D eigenvalue weighted by Crippen LogP contribution is 2.26. The number of rotatable bonds is 6. The molecule has 1 unspecified atom stereocenters. The average molecular weight is 366 g/mol. The van der Waals surface area contributed by atoms with Crippen molar-refractivity contribution in [2.45, 2.75) is 25.8 Å². The van der Waals surface area contributed by atoms with E-state index in [4.69, 9.17) is 5.11 Å². The summed E-state index contributed by atoms with van der Waals surface area (Å²) in [6, 6.07) is 12.4. The van der Waals surface area contributed by atoms with Crippen LogP contribution in [-0.4, -0.2) is 34.7 Å². The molecule has 1 saturated heterocycles. The molecule has 1 aliphatic heterocycles. The van der Waals surface area contributed by atoms with E-state index in [1.54, 1.807) is 42.5 Å². The Morgan fingerprint density at radius 1 is 1.15 bits per heavy atom. The summed E-state index contributed by atoms with van der Waals surface area (Å²) in [5.41, 5.74) is 2.07. The van der Waals surface area contributed by atoms with Gasteiger partial charge in [-0.1, -0.05) is 24.3 Å². The number of benzene rings is 2. The van der Waals surface area contributed by atoms with Gasteiger partial charge < -0.3 is 10.4 Å². The van der Waals surface area contributed by atoms with Gasteiger partial charge in [-0.15, -0.1) is 0 Å². The van der Waals surface area contributed by atoms with Crippen molar-refractivity contribution in [2.24, 2.45) is 0 Å². The second-order valence-electron chi connectivity index (χ2n) is 6.34. The van der Waals surface area contributed by atoms with Crippen LogP contribution in [0.4, 0.5) is 11.4 Å². The van der Waals surface area contributed by atoms with Crippen LogP contribution in [-0.2, 0) is 20.8 Å². The van der Waals surface area contributed by atoms with Gasteiger partial charge >= 0.3 is 5.97 Å². The summed E-state index contributed by atoms with van der Waals surface area (Å²) in [6.45, 7) is 1.42. The molecular weight excluding hydrogens is 348 g/mol. The van der Waals surface area contributed by atoms with Gasteiger partial charge in [0.05, 0.1) is 18.5 Å². The van der Waals surface area contributed by atoms with Crippen molar-refractivity contribution in [1.82, 2.24) is 0 Å². The fourth-order valence-electron chi connectivity index (χ4n) is 2.97. The smallest absolute Gasteiger partial charge is 0.307 e. The molecule has 2 aromatic carbocycles. The van der Waals surface area contributed by atoms with Crippen LogP contribution in [0.3, 0.4) is 0 Å². The molecule has 2 aromatic rings. The molecule has 7 nitrogen and oxygen atoms in total. The Bertz CT molecular complexity index is 920. The number of anilines is 2. The van der Waals surface area contributed by atoms with Crippen molar-refractivity contribution in [3.63, 3.8) is 0 Å². The normalized spacial score (nSPS) is 16.5. The van der Waals surface area contributed by atoms with Crippen LogP contribution in [0, 0.1) is 0 Å². The third-order valence-electron chi connectivity index (χ3n) is 4.31. The van der Waals surface area contributed by atoms with E-state index in [1.165, 1.54) is 13.0 Å². The number of Topliss-reactive ketones (excluding diaryl/α,β-unsaturated/α-hetero) is 1. The molecular formula is C20H18N2O5. The number of ketones is 1. The number of amides is 2. The molecule has 1 heterocycles. The van der Waals surface area contributed by atoms with Gasteiger partial charge in [-0.2, -0.15) is 0 Å². The molecule has 1 fully saturated rings. The standard InChI is InChI=1S/C20H18N2O5/c1-12(23)14-3-2-4-16(10-14)22-18(24)11-17(20(22)27)21-15-7-5-13(6-8-15)9-19(25)26/h2-8,10,17,21H,9,11H2,1H3,(H,25,26). The lowest BCUT2D eigenvalue weighted by Crippen LogP contribution is -2.34. The summed E-state index contributed by atoms with van der Waals surface area (Å²) in [5, 5.41) is 11.8. The molecule has 1 aliphatic rings. The van der Waals surface area contributed by atoms with Gasteiger partial charge in [0.25, 0.3) is 5.91 Å². The summed E-state index contributed by atoms with van der Waals surface area (Å²) >= 11 is 0. The van der Waals surface area contributed by atoms with Gasteiger partial charge in [0.1, 0.15) is 6.04 Å². The summed E-state index contributed by atoms with van der Waals surface area (Å²) < 4.78 is 0. The first-order valence-electron chi connectivity index (χ1n) is 8.40. The zero-order valence-electron chi connectivity index (χ0n) is 14.6. The Morgan fingerprint density at radius 3 is 2.48 bits per heavy atom. The Labute approximate surface area is 155 Å². The van der Waals surface area contributed by atoms with Gasteiger partial charge in [-0.25, -0.2) is 4.90 Å². The second kappa shape index (κ2) is 7.41. The quantitative estimate of drug-likeness (QED) is 0.600. The molecule has 0 aromatic heterocycles. The van der Waals surface area contributed by atoms with Gasteiger partial charge in [-0.3, -0.25) is 19.2 Å². The fraction of sp³-hybridized carbons (Fsp3) is 0.200. The number of carbonyl (C=O) groups is 4. The lowest BCUT2D eigenvalue weighted by atomic mass is 10.1. The van der Waals surface area contributed by atoms with E-state index >= 15 is 0 Å². The van der Waals surface area contributed by atoms with Crippen LogP contribution in [0.15, 0.2) is 48.5 Å². The maximum Gasteiger partial charge on any atom is 0.307 e. The van der Waals surface area contributed by atoms with Crippen LogP contribution >= 0.6 is 0 Å². The number of carboxylic acids is 1. The van der Waals surface area contributed by atoms with E-state index in [0.29, 0.717) is 22.5 Å². The second-order valence-corrected chi connectivity index (χ2v) is 6.34. The third kappa shape index (κ3) is 4.03. The first-order chi connectivity index (χ1) is 12.8. The van der Waals surface area contributed by atoms with Crippen molar-refractivity contribution >= 4 is 34.9 Å². The molecule has 3 rings (SSSR count). The Balaban J connectivity index is 1.75. The maximum absolute atomic E-state index is 12.7. The van der Waals surface area contributed by atoms with Crippen LogP contribution in [0.5, 0.6) is 0 Å². The largest absolute Gasteiger partial charge is 0.481 e. The van der Waals surface area contributed by atoms with E-state index in [0.717, 1.165) is 4.90 Å². The van der Waals surface area contributed by atoms with E-state index in [1.807, 2.05) is 0 Å². The van der Waals surface area contributed by atoms with Crippen LogP contribution in [0.25, 0.3) is 0 Å². The minimum Gasteiger partial charge on any atom is -0.481 e. The van der Waals surface area contributed by atoms with Crippen molar-refractivity contribution in [3.8, 4) is 0 Å². The number of nitrogens with one attached hydrogen (secondary N) is 1. The first-order valence-corrected chi connectivity index (χ1v) is 8.40. The summed E-state index contributed by atoms with van der Waals surface area (Å²) in [4.78, 5) is 48.4. The molecule has 0 saturated carbocycles. The van der Waals surface area contributed by atoms with Gasteiger partial charge in [0.2, 0.25) is 5.91 Å². The zero-order chi connectivity index (χ0) is 19.6. The lowest BCUT2D eigenvalue weighted by molar-refractivity contribution is -0.136. The summed E-state index contributed by atoms with van der Waals surface area (Å²) in [5.74, 6) is -1.81. The zero-order valence-corrected chi connectivity index (χ0v) is 14.6. The predicted molar refractivity (Wildman–Crippen MR) is 98.7 cm³/mol. The Morgan fingerprint density at radius 2 is 1.85 bits per heavy atom. The minimum atomic E-state index is -0.921. The third-order valence-corrected chi connectivity index (χ3v) is 4.31. The number of carboxylic acid groups (broad SMARTS) is 1. The molecule has 1 atom stereocenters. The number of carbonyl (C=O) groups excluding carboxylic acids is 3. The topological polar surface area (TPSA) is 104 Å². The molecule has 0 spiro atoms. The van der Waals surface area contributed by atoms with Crippen molar-refractivity contribution in [2.75, 3.05) is 10.2 Å². The number of nitrogens with zero attached hydrogens (tertiary/aromatic N) is 1. The molecule has 7 heteroatoms. The van der Waals surface area contributed by atoms with Crippen LogP contribution < -0.4 is 10.2 Å². The lowest BCUT2D eigenvalue weighted by Gasteiger charge is -2.16. The molecule has 0 aliphatic carbocycles. The molecule has 138 valence electrons. The predicted octanol–water partition coefficient (Wildman–Crippen LogP) is 2.26. The van der Waals surface area contributed by atoms with E-state index in [-0.39, 0.29) is 24.5 Å². The highest BCUT2D eigenvalue weighted by atomic mass is 16.4. The van der Waals surface area contributed by atoms with Gasteiger partial charge in [-0.05, 0) is 36.8 Å². The minimum absolute atomic E-state index is 0.00000966. The van der Waals surface area contributed by atoms with Crippen LogP contribution in [0.2, 0.25) is 0 Å². The van der Waals surface area contributed by atoms with Crippen molar-refractivity contribution in [1.29, 1.82) is 0 Å². The maximum atomic E-state index is 12.7. The number of hydrogen-bond acceptors (Lipinski definition) is 5. The molecule has 27 heavy (non-hydrogen) atoms. The fourth-order valence-corrected chi connectivity index (χ4v) is 2.97. The van der Waals surface area contributed by atoms with Crippen LogP contribution in [0.1, 0.15) is 29.3 Å². The average Bonchev–Trinajstić information content (AvgIpc) is 2.90. The van der Waals surface area contributed by atoms with Crippen molar-refractivity contribution < 1.29 is 24.3 Å². The SMILES string of the molecule is CC(=O)c1cccc(N2C(=O)CC(Nc3ccc(CC(=O)O)cc3)C2=O)c1. The van der Waals surface area contributed by atoms with E-state index in [2.05, 4.69) is 5.32 Å². The Kier molecular flexibility index (Phi) is 5.03. The molecule has 0 radical (unpaired) electrons. The number of imide groups is 1. The first kappa shape index (κ1) is 18.3. The highest BCUT2D eigenvalue weighted by molar-refractivity contribution is 6.23.